The molecule has 0 aliphatic carbocycles. The molecular formula is C37H39Cl2N5O5. The molecule has 256 valence electrons. The van der Waals surface area contributed by atoms with Crippen molar-refractivity contribution in [2.45, 2.75) is 51.4 Å². The molecule has 2 saturated heterocycles. The van der Waals surface area contributed by atoms with Crippen LogP contribution in [-0.2, 0) is 27.4 Å². The van der Waals surface area contributed by atoms with Gasteiger partial charge in [-0.3, -0.25) is 14.6 Å². The van der Waals surface area contributed by atoms with Crippen LogP contribution in [0, 0.1) is 0 Å². The number of amides is 1. The minimum Gasteiger partial charge on any atom is -0.496 e. The van der Waals surface area contributed by atoms with E-state index >= 15 is 0 Å². The molecule has 0 bridgehead atoms. The van der Waals surface area contributed by atoms with Crippen LogP contribution in [0.1, 0.15) is 37.3 Å². The summed E-state index contributed by atoms with van der Waals surface area (Å²) in [7, 11) is 3.23. The number of methoxy groups -OCH3 is 2. The number of cyclic esters (lactones) is 1. The summed E-state index contributed by atoms with van der Waals surface area (Å²) in [6.45, 7) is 4.63. The fourth-order valence-corrected chi connectivity index (χ4v) is 6.96. The fraction of sp³-hybridized carbons (Fsp3) is 0.351. The average Bonchev–Trinajstić information content (AvgIpc) is 3.55. The molecule has 2 aromatic carbocycles. The van der Waals surface area contributed by atoms with Crippen LogP contribution in [0.4, 0.5) is 0 Å². The Morgan fingerprint density at radius 1 is 0.918 bits per heavy atom. The molecule has 49 heavy (non-hydrogen) atoms. The highest BCUT2D eigenvalue weighted by atomic mass is 35.5. The van der Waals surface area contributed by atoms with E-state index < -0.39 is 0 Å². The lowest BCUT2D eigenvalue weighted by atomic mass is 9.99. The molecule has 0 spiro atoms. The van der Waals surface area contributed by atoms with Crippen LogP contribution in [0.25, 0.3) is 33.6 Å². The topological polar surface area (TPSA) is 115 Å². The van der Waals surface area contributed by atoms with Crippen molar-refractivity contribution in [2.75, 3.05) is 33.9 Å². The Kier molecular flexibility index (Phi) is 11.0. The van der Waals surface area contributed by atoms with Gasteiger partial charge >= 0.3 is 5.97 Å². The van der Waals surface area contributed by atoms with Gasteiger partial charge in [0.05, 0.1) is 48.1 Å². The highest BCUT2D eigenvalue weighted by Crippen LogP contribution is 2.42. The monoisotopic (exact) mass is 703 g/mol. The third-order valence-corrected chi connectivity index (χ3v) is 9.90. The van der Waals surface area contributed by atoms with Crippen LogP contribution in [0.2, 0.25) is 10.0 Å². The smallest absolute Gasteiger partial charge is 0.307 e. The molecule has 10 nitrogen and oxygen atoms in total. The average molecular weight is 705 g/mol. The minimum atomic E-state index is -0.191. The van der Waals surface area contributed by atoms with E-state index in [9.17, 15) is 9.59 Å². The molecular weight excluding hydrogens is 665 g/mol. The molecule has 0 saturated carbocycles. The van der Waals surface area contributed by atoms with Crippen LogP contribution in [0.5, 0.6) is 11.6 Å². The van der Waals surface area contributed by atoms with Gasteiger partial charge in [-0.05, 0) is 31.0 Å². The van der Waals surface area contributed by atoms with Gasteiger partial charge in [0.1, 0.15) is 12.4 Å². The van der Waals surface area contributed by atoms with E-state index in [0.29, 0.717) is 65.2 Å². The second-order valence-corrected chi connectivity index (χ2v) is 13.0. The number of aromatic nitrogens is 2. The van der Waals surface area contributed by atoms with Gasteiger partial charge in [-0.25, -0.2) is 4.98 Å². The number of nitrogens with one attached hydrogen (secondary N) is 2. The molecule has 1 amide bonds. The van der Waals surface area contributed by atoms with Crippen molar-refractivity contribution in [3.05, 3.63) is 82.0 Å². The Morgan fingerprint density at radius 3 is 2.35 bits per heavy atom. The molecule has 6 rings (SSSR count). The summed E-state index contributed by atoms with van der Waals surface area (Å²) in [4.78, 5) is 34.5. The summed E-state index contributed by atoms with van der Waals surface area (Å²) in [5.41, 5.74) is 6.17. The van der Waals surface area contributed by atoms with E-state index in [2.05, 4.69) is 15.6 Å². The summed E-state index contributed by atoms with van der Waals surface area (Å²) < 4.78 is 16.5. The second-order valence-electron chi connectivity index (χ2n) is 12.2. The van der Waals surface area contributed by atoms with Gasteiger partial charge in [0.25, 0.3) is 0 Å². The molecule has 2 N–H and O–H groups in total. The number of nitrogens with zero attached hydrogens (tertiary/aromatic N) is 3. The highest BCUT2D eigenvalue weighted by molar-refractivity contribution is 6.39. The molecule has 12 heteroatoms. The Hall–Kier alpha value is -4.22. The van der Waals surface area contributed by atoms with Crippen LogP contribution in [0.3, 0.4) is 0 Å². The first-order valence-electron chi connectivity index (χ1n) is 16.3. The standard InChI is InChI=1S/C37H39Cl2N5O5/c1-22(45)44-15-12-26(13-16-44)41-20-25-9-10-31(43-37(25)48-3)30-6-4-5-28(34(30)38)29-11-14-40-36(35(29)39)23-7-8-24(32(17-23)47-2)19-42-27-18-33(46)49-21-27/h4-11,14,17,26-27,41-42H,12-13,15-16,18-21H2,1-3H3/t27-/m1/s1. The molecule has 4 heterocycles. The van der Waals surface area contributed by atoms with Crippen molar-refractivity contribution in [3.8, 4) is 45.3 Å². The molecule has 2 aliphatic rings. The van der Waals surface area contributed by atoms with E-state index in [4.69, 9.17) is 42.4 Å². The summed E-state index contributed by atoms with van der Waals surface area (Å²) in [5.74, 6) is 1.13. The first-order chi connectivity index (χ1) is 23.7. The Morgan fingerprint density at radius 2 is 1.63 bits per heavy atom. The van der Waals surface area contributed by atoms with Gasteiger partial charge in [-0.15, -0.1) is 0 Å². The van der Waals surface area contributed by atoms with Crippen LogP contribution >= 0.6 is 23.2 Å². The largest absolute Gasteiger partial charge is 0.496 e. The number of likely N-dealkylation sites (tertiary alicyclic amines) is 1. The normalized spacial score (nSPS) is 16.5. The zero-order valence-electron chi connectivity index (χ0n) is 27.7. The van der Waals surface area contributed by atoms with E-state index in [1.165, 1.54) is 0 Å². The Balaban J connectivity index is 1.21. The summed E-state index contributed by atoms with van der Waals surface area (Å²) in [6.07, 6.45) is 3.89. The molecule has 0 unspecified atom stereocenters. The van der Waals surface area contributed by atoms with Crippen molar-refractivity contribution in [1.29, 1.82) is 0 Å². The number of pyridine rings is 2. The summed E-state index contributed by atoms with van der Waals surface area (Å²) >= 11 is 14.1. The number of carbonyl (C=O) groups excluding carboxylic acids is 2. The van der Waals surface area contributed by atoms with Crippen molar-refractivity contribution in [1.82, 2.24) is 25.5 Å². The number of hydrogen-bond acceptors (Lipinski definition) is 9. The molecule has 1 atom stereocenters. The Labute approximate surface area is 296 Å². The van der Waals surface area contributed by atoms with Gasteiger partial charge in [0, 0.05) is 78.7 Å². The van der Waals surface area contributed by atoms with Crippen molar-refractivity contribution < 1.29 is 23.8 Å². The second kappa shape index (κ2) is 15.6. The number of hydrogen-bond donors (Lipinski definition) is 2. The molecule has 2 aliphatic heterocycles. The number of carbonyl (C=O) groups is 2. The van der Waals surface area contributed by atoms with Gasteiger partial charge in [0.15, 0.2) is 0 Å². The maximum Gasteiger partial charge on any atom is 0.307 e. The first kappa shape index (κ1) is 34.6. The predicted molar refractivity (Wildman–Crippen MR) is 190 cm³/mol. The summed E-state index contributed by atoms with van der Waals surface area (Å²) in [6, 6.07) is 17.7. The zero-order chi connectivity index (χ0) is 34.5. The van der Waals surface area contributed by atoms with Gasteiger partial charge in [-0.2, -0.15) is 0 Å². The van der Waals surface area contributed by atoms with E-state index in [1.807, 2.05) is 59.5 Å². The van der Waals surface area contributed by atoms with E-state index in [1.54, 1.807) is 27.3 Å². The van der Waals surface area contributed by atoms with Gasteiger partial charge in [-0.1, -0.05) is 59.6 Å². The quantitative estimate of drug-likeness (QED) is 0.174. The first-order valence-corrected chi connectivity index (χ1v) is 17.0. The SMILES string of the molecule is COc1cc(-c2nccc(-c3cccc(-c4ccc(CNC5CCN(C(C)=O)CC5)c(OC)n4)c3Cl)c2Cl)ccc1CN[C@H]1COC(=O)C1. The van der Waals surface area contributed by atoms with Crippen molar-refractivity contribution in [3.63, 3.8) is 0 Å². The summed E-state index contributed by atoms with van der Waals surface area (Å²) in [5, 5.41) is 7.91. The highest BCUT2D eigenvalue weighted by Gasteiger charge is 2.24. The number of halogens is 2. The fourth-order valence-electron chi connectivity index (χ4n) is 6.31. The number of benzene rings is 2. The van der Waals surface area contributed by atoms with E-state index in [0.717, 1.165) is 59.3 Å². The molecule has 4 aromatic rings. The number of piperidine rings is 1. The van der Waals surface area contributed by atoms with Crippen LogP contribution in [-0.4, -0.2) is 72.7 Å². The number of esters is 1. The molecule has 2 fully saturated rings. The lowest BCUT2D eigenvalue weighted by Crippen LogP contribution is -2.44. The zero-order valence-corrected chi connectivity index (χ0v) is 29.2. The van der Waals surface area contributed by atoms with Gasteiger partial charge < -0.3 is 29.7 Å². The predicted octanol–water partition coefficient (Wildman–Crippen LogP) is 6.31. The maximum absolute atomic E-state index is 11.7. The number of rotatable bonds is 11. The van der Waals surface area contributed by atoms with Crippen molar-refractivity contribution in [2.24, 2.45) is 0 Å². The number of ether oxygens (including phenoxy) is 3. The van der Waals surface area contributed by atoms with Crippen LogP contribution in [0.15, 0.2) is 60.8 Å². The van der Waals surface area contributed by atoms with E-state index in [-0.39, 0.29) is 17.9 Å². The third kappa shape index (κ3) is 7.83. The van der Waals surface area contributed by atoms with Crippen LogP contribution < -0.4 is 20.1 Å². The van der Waals surface area contributed by atoms with Crippen molar-refractivity contribution >= 4 is 35.1 Å². The van der Waals surface area contributed by atoms with Gasteiger partial charge in [0.2, 0.25) is 11.8 Å². The third-order valence-electron chi connectivity index (χ3n) is 9.11. The Bertz CT molecular complexity index is 1850. The lowest BCUT2D eigenvalue weighted by Gasteiger charge is -2.31. The maximum atomic E-state index is 11.7. The molecule has 0 radical (unpaired) electrons. The minimum absolute atomic E-state index is 0.0231. The lowest BCUT2D eigenvalue weighted by molar-refractivity contribution is -0.138. The molecule has 2 aromatic heterocycles.